The van der Waals surface area contributed by atoms with Crippen LogP contribution < -0.4 is 9.64 Å². The zero-order valence-electron chi connectivity index (χ0n) is 28.8. The first-order valence-electron chi connectivity index (χ1n) is 17.7. The van der Waals surface area contributed by atoms with Crippen LogP contribution in [0.15, 0.2) is 49.6 Å². The number of morpholine rings is 1. The number of amides is 3. The van der Waals surface area contributed by atoms with Crippen molar-refractivity contribution in [2.75, 3.05) is 77.1 Å². The van der Waals surface area contributed by atoms with Gasteiger partial charge in [0.05, 0.1) is 37.3 Å². The first-order valence-corrected chi connectivity index (χ1v) is 17.7. The van der Waals surface area contributed by atoms with Gasteiger partial charge in [0.15, 0.2) is 0 Å². The molecule has 0 radical (unpaired) electrons. The van der Waals surface area contributed by atoms with Crippen LogP contribution in [0.3, 0.4) is 0 Å². The minimum Gasteiger partial charge on any atom is -0.494 e. The quantitative estimate of drug-likeness (QED) is 0.188. The number of carbonyl (C=O) groups excluding carboxylic acids is 3. The lowest BCUT2D eigenvalue weighted by molar-refractivity contribution is -0.151. The molecule has 264 valence electrons. The monoisotopic (exact) mass is 666 g/mol. The molecule has 2 unspecified atom stereocenters. The fourth-order valence-electron chi connectivity index (χ4n) is 8.28. The number of hydrogen-bond acceptors (Lipinski definition) is 8. The molecule has 48 heavy (non-hydrogen) atoms. The number of aliphatic hydroxyl groups is 1. The van der Waals surface area contributed by atoms with Crippen LogP contribution in [-0.2, 0) is 23.9 Å². The van der Waals surface area contributed by atoms with Crippen molar-refractivity contribution in [1.29, 1.82) is 0 Å². The zero-order chi connectivity index (χ0) is 34.3. The van der Waals surface area contributed by atoms with Crippen LogP contribution >= 0.6 is 0 Å². The van der Waals surface area contributed by atoms with E-state index >= 15 is 0 Å². The number of anilines is 1. The third kappa shape index (κ3) is 7.06. The molecule has 3 amide bonds. The van der Waals surface area contributed by atoms with E-state index in [9.17, 15) is 19.5 Å². The van der Waals surface area contributed by atoms with Crippen molar-refractivity contribution in [3.8, 4) is 5.75 Å². The molecule has 1 N–H and O–H groups in total. The van der Waals surface area contributed by atoms with Gasteiger partial charge in [0.25, 0.3) is 0 Å². The second-order valence-corrected chi connectivity index (χ2v) is 13.6. The summed E-state index contributed by atoms with van der Waals surface area (Å²) >= 11 is 0. The normalized spacial score (nSPS) is 27.9. The van der Waals surface area contributed by atoms with Gasteiger partial charge >= 0.3 is 0 Å². The summed E-state index contributed by atoms with van der Waals surface area (Å²) in [7, 11) is 0. The van der Waals surface area contributed by atoms with Crippen molar-refractivity contribution >= 4 is 23.4 Å². The number of unbranched alkanes of at least 4 members (excludes halogenated alkanes) is 3. The van der Waals surface area contributed by atoms with Crippen molar-refractivity contribution in [3.63, 3.8) is 0 Å². The molecule has 11 heteroatoms. The molecule has 0 aromatic heterocycles. The van der Waals surface area contributed by atoms with Crippen molar-refractivity contribution in [3.05, 3.63) is 49.6 Å². The number of fused-ring (bicyclic) bond motifs is 1. The van der Waals surface area contributed by atoms with Gasteiger partial charge in [0, 0.05) is 58.1 Å². The Kier molecular flexibility index (Phi) is 12.0. The molecule has 2 bridgehead atoms. The molecular formula is C37H54N4O7. The fourth-order valence-corrected chi connectivity index (χ4v) is 8.28. The molecule has 5 rings (SSSR count). The number of likely N-dealkylation sites (tertiary alicyclic amines) is 1. The highest BCUT2D eigenvalue weighted by Crippen LogP contribution is 2.63. The summed E-state index contributed by atoms with van der Waals surface area (Å²) < 4.78 is 18.1. The summed E-state index contributed by atoms with van der Waals surface area (Å²) in [4.78, 5) is 51.6. The van der Waals surface area contributed by atoms with Crippen LogP contribution in [0.4, 0.5) is 5.69 Å². The maximum atomic E-state index is 14.8. The van der Waals surface area contributed by atoms with Gasteiger partial charge in [0.1, 0.15) is 17.4 Å². The molecular weight excluding hydrogens is 612 g/mol. The predicted octanol–water partition coefficient (Wildman–Crippen LogP) is 3.27. The van der Waals surface area contributed by atoms with Crippen LogP contribution in [0.5, 0.6) is 5.75 Å². The predicted molar refractivity (Wildman–Crippen MR) is 184 cm³/mol. The van der Waals surface area contributed by atoms with Gasteiger partial charge in [0.2, 0.25) is 17.7 Å². The van der Waals surface area contributed by atoms with E-state index in [0.29, 0.717) is 83.1 Å². The average molecular weight is 667 g/mol. The summed E-state index contributed by atoms with van der Waals surface area (Å²) in [6.07, 6.45) is 7.55. The van der Waals surface area contributed by atoms with Gasteiger partial charge < -0.3 is 34.0 Å². The second-order valence-electron chi connectivity index (χ2n) is 13.6. The number of rotatable bonds is 18. The lowest BCUT2D eigenvalue weighted by Crippen LogP contribution is -2.57. The summed E-state index contributed by atoms with van der Waals surface area (Å²) in [5.41, 5.74) is -1.32. The molecule has 1 spiro atoms. The van der Waals surface area contributed by atoms with E-state index in [1.807, 2.05) is 38.1 Å². The highest BCUT2D eigenvalue weighted by molar-refractivity contribution is 6.03. The second kappa shape index (κ2) is 16.0. The zero-order valence-corrected chi connectivity index (χ0v) is 28.8. The molecule has 1 aromatic rings. The standard InChI is InChI=1S/C37H54N4O7/c1-5-18-39(22-21-38-23-26-46-27-24-38)35(45)32-37-17-16-36(4,48-37)30(31(37)34(44)41(32)20-10-8-9-11-25-42)33(43)40(19-6-2)28-12-14-29(15-13-28)47-7-3/h5-6,12-15,30-32,42H,1-2,7-11,16-27H2,3-4H3/t30-,31+,32?,36+,37?/m1/s1. The maximum absolute atomic E-state index is 14.8. The number of hydrogen-bond donors (Lipinski definition) is 1. The largest absolute Gasteiger partial charge is 0.494 e. The summed E-state index contributed by atoms with van der Waals surface area (Å²) in [6, 6.07) is 6.53. The van der Waals surface area contributed by atoms with E-state index < -0.39 is 29.1 Å². The molecule has 0 aliphatic carbocycles. The fraction of sp³-hybridized carbons (Fsp3) is 0.649. The molecule has 4 aliphatic rings. The van der Waals surface area contributed by atoms with Crippen LogP contribution in [0.25, 0.3) is 0 Å². The molecule has 1 aromatic carbocycles. The first-order chi connectivity index (χ1) is 23.2. The van der Waals surface area contributed by atoms with Crippen molar-refractivity contribution < 1.29 is 33.7 Å². The van der Waals surface area contributed by atoms with Gasteiger partial charge in [-0.2, -0.15) is 0 Å². The van der Waals surface area contributed by atoms with E-state index in [0.717, 1.165) is 25.9 Å². The topological polar surface area (TPSA) is 112 Å². The van der Waals surface area contributed by atoms with E-state index in [1.165, 1.54) is 0 Å². The Balaban J connectivity index is 1.46. The van der Waals surface area contributed by atoms with Gasteiger partial charge in [-0.15, -0.1) is 13.2 Å². The smallest absolute Gasteiger partial charge is 0.248 e. The first kappa shape index (κ1) is 36.0. The average Bonchev–Trinajstić information content (AvgIpc) is 3.66. The van der Waals surface area contributed by atoms with Crippen LogP contribution in [0.1, 0.15) is 52.4 Å². The molecule has 4 aliphatic heterocycles. The van der Waals surface area contributed by atoms with Gasteiger partial charge in [-0.3, -0.25) is 19.3 Å². The van der Waals surface area contributed by atoms with Crippen molar-refractivity contribution in [2.45, 2.75) is 69.6 Å². The Morgan fingerprint density at radius 3 is 2.40 bits per heavy atom. The van der Waals surface area contributed by atoms with Crippen LogP contribution in [-0.4, -0.2) is 127 Å². The number of ether oxygens (including phenoxy) is 3. The number of carbonyl (C=O) groups is 3. The lowest BCUT2D eigenvalue weighted by Gasteiger charge is -2.37. The highest BCUT2D eigenvalue weighted by Gasteiger charge is 2.78. The van der Waals surface area contributed by atoms with E-state index in [2.05, 4.69) is 18.1 Å². The van der Waals surface area contributed by atoms with Gasteiger partial charge in [-0.1, -0.05) is 25.0 Å². The molecule has 5 atom stereocenters. The van der Waals surface area contributed by atoms with Gasteiger partial charge in [-0.05, 0) is 63.8 Å². The number of benzene rings is 1. The molecule has 4 fully saturated rings. The third-order valence-corrected chi connectivity index (χ3v) is 10.6. The van der Waals surface area contributed by atoms with E-state index in [4.69, 9.17) is 14.2 Å². The molecule has 0 saturated carbocycles. The van der Waals surface area contributed by atoms with Crippen molar-refractivity contribution in [2.24, 2.45) is 11.8 Å². The Labute approximate surface area is 285 Å². The molecule has 4 heterocycles. The Morgan fingerprint density at radius 2 is 1.73 bits per heavy atom. The number of aliphatic hydroxyl groups excluding tert-OH is 1. The molecule has 11 nitrogen and oxygen atoms in total. The lowest BCUT2D eigenvalue weighted by atomic mass is 9.66. The summed E-state index contributed by atoms with van der Waals surface area (Å²) in [5.74, 6) is -1.37. The van der Waals surface area contributed by atoms with E-state index in [-0.39, 0.29) is 30.9 Å². The van der Waals surface area contributed by atoms with Crippen LogP contribution in [0, 0.1) is 11.8 Å². The Bertz CT molecular complexity index is 1300. The summed E-state index contributed by atoms with van der Waals surface area (Å²) in [5, 5.41) is 9.28. The molecule has 4 saturated heterocycles. The van der Waals surface area contributed by atoms with Gasteiger partial charge in [-0.25, -0.2) is 0 Å². The minimum atomic E-state index is -1.11. The number of nitrogens with zero attached hydrogens (tertiary/aromatic N) is 4. The minimum absolute atomic E-state index is 0.125. The van der Waals surface area contributed by atoms with Crippen molar-refractivity contribution in [1.82, 2.24) is 14.7 Å². The highest BCUT2D eigenvalue weighted by atomic mass is 16.5. The Morgan fingerprint density at radius 1 is 1.02 bits per heavy atom. The SMILES string of the molecule is C=CCN(CCN1CCOCC1)C(=O)C1N(CCCCCCO)C(=O)[C@@H]2[C@H](C(=O)N(CC=C)c3ccc(OCC)cc3)[C@]3(C)CCC12O3. The summed E-state index contributed by atoms with van der Waals surface area (Å²) in [6.45, 7) is 17.5. The maximum Gasteiger partial charge on any atom is 0.248 e. The van der Waals surface area contributed by atoms with E-state index in [1.54, 1.807) is 26.9 Å². The van der Waals surface area contributed by atoms with Crippen LogP contribution in [0.2, 0.25) is 0 Å². The third-order valence-electron chi connectivity index (χ3n) is 10.6. The Hall–Kier alpha value is -3.25.